The van der Waals surface area contributed by atoms with Gasteiger partial charge in [-0.05, 0) is 18.6 Å². The zero-order chi connectivity index (χ0) is 9.84. The number of aliphatic hydroxyl groups is 1. The largest absolute Gasteiger partial charge is 0.496 e. The molecule has 1 aromatic rings. The molecule has 0 radical (unpaired) electrons. The molecule has 72 valence electrons. The molecule has 0 aliphatic heterocycles. The number of hydrogen-bond acceptors (Lipinski definition) is 2. The van der Waals surface area contributed by atoms with Gasteiger partial charge in [0.2, 0.25) is 0 Å². The zero-order valence-electron chi connectivity index (χ0n) is 7.75. The first-order valence-electron chi connectivity index (χ1n) is 4.14. The molecule has 1 rings (SSSR count). The maximum Gasteiger partial charge on any atom is 0.126 e. The Balaban J connectivity index is 2.92. The van der Waals surface area contributed by atoms with Gasteiger partial charge in [0.15, 0.2) is 0 Å². The van der Waals surface area contributed by atoms with Crippen LogP contribution in [-0.4, -0.2) is 18.3 Å². The lowest BCUT2D eigenvalue weighted by Crippen LogP contribution is -2.05. The van der Waals surface area contributed by atoms with E-state index in [2.05, 4.69) is 0 Å². The van der Waals surface area contributed by atoms with Crippen molar-refractivity contribution < 1.29 is 14.2 Å². The Bertz CT molecular complexity index is 284. The minimum absolute atomic E-state index is 0.328. The van der Waals surface area contributed by atoms with Crippen molar-refractivity contribution in [2.75, 3.05) is 7.11 Å². The van der Waals surface area contributed by atoms with Crippen molar-refractivity contribution in [3.05, 3.63) is 29.6 Å². The van der Waals surface area contributed by atoms with Gasteiger partial charge in [0.25, 0.3) is 0 Å². The van der Waals surface area contributed by atoms with Gasteiger partial charge in [0.05, 0.1) is 13.2 Å². The lowest BCUT2D eigenvalue weighted by Gasteiger charge is -2.09. The van der Waals surface area contributed by atoms with Crippen LogP contribution in [0, 0.1) is 5.82 Å². The number of rotatable bonds is 3. The molecule has 0 saturated carbocycles. The van der Waals surface area contributed by atoms with Crippen LogP contribution in [0.3, 0.4) is 0 Å². The first-order chi connectivity index (χ1) is 6.13. The monoisotopic (exact) mass is 184 g/mol. The van der Waals surface area contributed by atoms with Crippen molar-refractivity contribution in [3.8, 4) is 5.75 Å². The average Bonchev–Trinajstić information content (AvgIpc) is 2.07. The quantitative estimate of drug-likeness (QED) is 0.775. The molecule has 0 unspecified atom stereocenters. The lowest BCUT2D eigenvalue weighted by atomic mass is 10.1. The number of halogens is 1. The van der Waals surface area contributed by atoms with Gasteiger partial charge in [-0.1, -0.05) is 6.07 Å². The topological polar surface area (TPSA) is 29.5 Å². The van der Waals surface area contributed by atoms with Crippen LogP contribution < -0.4 is 4.74 Å². The smallest absolute Gasteiger partial charge is 0.126 e. The highest BCUT2D eigenvalue weighted by molar-refractivity contribution is 5.34. The zero-order valence-corrected chi connectivity index (χ0v) is 7.75. The molecular weight excluding hydrogens is 171 g/mol. The van der Waals surface area contributed by atoms with Crippen molar-refractivity contribution in [1.29, 1.82) is 0 Å². The molecular formula is C10H13FO2. The fraction of sp³-hybridized carbons (Fsp3) is 0.400. The molecule has 1 atom stereocenters. The molecule has 0 amide bonds. The fourth-order valence-corrected chi connectivity index (χ4v) is 1.21. The average molecular weight is 184 g/mol. The predicted molar refractivity (Wildman–Crippen MR) is 48.3 cm³/mol. The van der Waals surface area contributed by atoms with E-state index in [9.17, 15) is 4.39 Å². The normalized spacial score (nSPS) is 12.6. The van der Waals surface area contributed by atoms with Crippen molar-refractivity contribution >= 4 is 0 Å². The van der Waals surface area contributed by atoms with Crippen LogP contribution in [0.4, 0.5) is 4.39 Å². The van der Waals surface area contributed by atoms with Crippen molar-refractivity contribution in [3.63, 3.8) is 0 Å². The summed E-state index contributed by atoms with van der Waals surface area (Å²) in [5, 5.41) is 9.15. The van der Waals surface area contributed by atoms with Crippen LogP contribution in [0.25, 0.3) is 0 Å². The first-order valence-corrected chi connectivity index (χ1v) is 4.14. The van der Waals surface area contributed by atoms with Crippen molar-refractivity contribution in [2.24, 2.45) is 0 Å². The summed E-state index contributed by atoms with van der Waals surface area (Å²) in [6.07, 6.45) is 0.0306. The summed E-state index contributed by atoms with van der Waals surface area (Å²) in [5.74, 6) is 0.159. The maximum atomic E-state index is 12.7. The van der Waals surface area contributed by atoms with Crippen molar-refractivity contribution in [2.45, 2.75) is 19.4 Å². The van der Waals surface area contributed by atoms with Gasteiger partial charge in [-0.2, -0.15) is 0 Å². The summed E-state index contributed by atoms with van der Waals surface area (Å²) in [7, 11) is 1.49. The van der Waals surface area contributed by atoms with Gasteiger partial charge in [-0.3, -0.25) is 0 Å². The van der Waals surface area contributed by atoms with Crippen LogP contribution in [-0.2, 0) is 6.42 Å². The third-order valence-electron chi connectivity index (χ3n) is 1.76. The van der Waals surface area contributed by atoms with Gasteiger partial charge in [0.1, 0.15) is 11.6 Å². The second kappa shape index (κ2) is 4.23. The summed E-state index contributed by atoms with van der Waals surface area (Å²) in [6.45, 7) is 1.68. The van der Waals surface area contributed by atoms with Gasteiger partial charge in [-0.15, -0.1) is 0 Å². The Hall–Kier alpha value is -1.09. The minimum atomic E-state index is -0.445. The molecule has 2 nitrogen and oxygen atoms in total. The Morgan fingerprint density at radius 1 is 1.54 bits per heavy atom. The van der Waals surface area contributed by atoms with E-state index in [1.165, 1.54) is 19.2 Å². The molecule has 0 aromatic heterocycles. The van der Waals surface area contributed by atoms with E-state index >= 15 is 0 Å². The summed E-state index contributed by atoms with van der Waals surface area (Å²) in [4.78, 5) is 0. The highest BCUT2D eigenvalue weighted by Crippen LogP contribution is 2.20. The van der Waals surface area contributed by atoms with E-state index in [4.69, 9.17) is 9.84 Å². The molecule has 0 saturated heterocycles. The highest BCUT2D eigenvalue weighted by Gasteiger charge is 2.06. The minimum Gasteiger partial charge on any atom is -0.496 e. The fourth-order valence-electron chi connectivity index (χ4n) is 1.21. The Kier molecular flexibility index (Phi) is 3.25. The number of methoxy groups -OCH3 is 1. The van der Waals surface area contributed by atoms with E-state index in [0.29, 0.717) is 12.2 Å². The summed E-state index contributed by atoms with van der Waals surface area (Å²) in [6, 6.07) is 4.30. The second-order valence-electron chi connectivity index (χ2n) is 3.01. The van der Waals surface area contributed by atoms with Crippen LogP contribution >= 0.6 is 0 Å². The maximum absolute atomic E-state index is 12.7. The first kappa shape index (κ1) is 9.99. The predicted octanol–water partition coefficient (Wildman–Crippen LogP) is 1.76. The Morgan fingerprint density at radius 2 is 2.23 bits per heavy atom. The molecule has 0 fully saturated rings. The third kappa shape index (κ3) is 2.70. The Labute approximate surface area is 77.0 Å². The molecule has 0 spiro atoms. The lowest BCUT2D eigenvalue weighted by molar-refractivity contribution is 0.194. The van der Waals surface area contributed by atoms with E-state index in [1.54, 1.807) is 13.0 Å². The van der Waals surface area contributed by atoms with Gasteiger partial charge in [-0.25, -0.2) is 4.39 Å². The second-order valence-corrected chi connectivity index (χ2v) is 3.01. The molecule has 13 heavy (non-hydrogen) atoms. The molecule has 3 heteroatoms. The van der Waals surface area contributed by atoms with E-state index < -0.39 is 6.10 Å². The van der Waals surface area contributed by atoms with Gasteiger partial charge in [0, 0.05) is 12.5 Å². The number of aliphatic hydroxyl groups excluding tert-OH is 1. The number of benzene rings is 1. The van der Waals surface area contributed by atoms with E-state index in [1.807, 2.05) is 0 Å². The molecule has 0 bridgehead atoms. The summed E-state index contributed by atoms with van der Waals surface area (Å²) < 4.78 is 17.7. The third-order valence-corrected chi connectivity index (χ3v) is 1.76. The molecule has 0 heterocycles. The van der Waals surface area contributed by atoms with Crippen LogP contribution in [0.1, 0.15) is 12.5 Å². The summed E-state index contributed by atoms with van der Waals surface area (Å²) >= 11 is 0. The Morgan fingerprint density at radius 3 is 2.77 bits per heavy atom. The number of hydrogen-bond donors (Lipinski definition) is 1. The number of ether oxygens (including phenoxy) is 1. The van der Waals surface area contributed by atoms with E-state index in [-0.39, 0.29) is 5.82 Å². The van der Waals surface area contributed by atoms with E-state index in [0.717, 1.165) is 5.56 Å². The molecule has 0 aliphatic carbocycles. The molecule has 1 N–H and O–H groups in total. The standard InChI is InChI=1S/C10H13FO2/c1-7(12)5-8-3-4-9(11)6-10(8)13-2/h3-4,6-7,12H,5H2,1-2H3/t7-/m0/s1. The van der Waals surface area contributed by atoms with Gasteiger partial charge < -0.3 is 9.84 Å². The molecule has 1 aromatic carbocycles. The summed E-state index contributed by atoms with van der Waals surface area (Å²) in [5.41, 5.74) is 0.818. The van der Waals surface area contributed by atoms with Crippen molar-refractivity contribution in [1.82, 2.24) is 0 Å². The van der Waals surface area contributed by atoms with Gasteiger partial charge >= 0.3 is 0 Å². The highest BCUT2D eigenvalue weighted by atomic mass is 19.1. The van der Waals surface area contributed by atoms with Crippen LogP contribution in [0.2, 0.25) is 0 Å². The van der Waals surface area contributed by atoms with Crippen LogP contribution in [0.15, 0.2) is 18.2 Å². The van der Waals surface area contributed by atoms with Crippen LogP contribution in [0.5, 0.6) is 5.75 Å². The SMILES string of the molecule is COc1cc(F)ccc1C[C@H](C)O. The molecule has 0 aliphatic rings.